The molecule has 0 unspecified atom stereocenters. The van der Waals surface area contributed by atoms with Crippen molar-refractivity contribution >= 4 is 27.5 Å². The summed E-state index contributed by atoms with van der Waals surface area (Å²) in [4.78, 5) is 13.0. The van der Waals surface area contributed by atoms with E-state index < -0.39 is 4.92 Å². The van der Waals surface area contributed by atoms with Gasteiger partial charge in [-0.3, -0.25) is 10.1 Å². The third-order valence-electron chi connectivity index (χ3n) is 3.38. The predicted molar refractivity (Wildman–Crippen MR) is 88.9 cm³/mol. The second kappa shape index (κ2) is 6.10. The molecule has 0 atom stereocenters. The Balaban J connectivity index is 0.000000142. The summed E-state index contributed by atoms with van der Waals surface area (Å²) in [5, 5.41) is 12.6. The highest BCUT2D eigenvalue weighted by atomic mass is 16.6. The molecule has 0 spiro atoms. The van der Waals surface area contributed by atoms with Crippen LogP contribution in [0.15, 0.2) is 78.9 Å². The van der Waals surface area contributed by atoms with Gasteiger partial charge in [0.2, 0.25) is 0 Å². The van der Waals surface area contributed by atoms with Crippen LogP contribution in [0.4, 0.5) is 5.69 Å². The first-order valence-electron chi connectivity index (χ1n) is 6.90. The average Bonchev–Trinajstić information content (AvgIpc) is 2.95. The van der Waals surface area contributed by atoms with Gasteiger partial charge < -0.3 is 4.98 Å². The number of hydrogen-bond donors (Lipinski definition) is 1. The van der Waals surface area contributed by atoms with Gasteiger partial charge >= 0.3 is 0 Å². The second-order valence-electron chi connectivity index (χ2n) is 4.81. The van der Waals surface area contributed by atoms with Gasteiger partial charge in [0.25, 0.3) is 5.69 Å². The number of para-hydroxylation sites is 3. The van der Waals surface area contributed by atoms with Gasteiger partial charge in [0.05, 0.1) is 4.92 Å². The Bertz CT molecular complexity index is 864. The fraction of sp³-hybridized carbons (Fsp3) is 0. The lowest BCUT2D eigenvalue weighted by atomic mass is 10.2. The van der Waals surface area contributed by atoms with Crippen molar-refractivity contribution in [3.8, 4) is 0 Å². The largest absolute Gasteiger partial charge is 0.355 e. The van der Waals surface area contributed by atoms with E-state index in [0.29, 0.717) is 0 Å². The summed E-state index contributed by atoms with van der Waals surface area (Å²) < 4.78 is 0. The van der Waals surface area contributed by atoms with Crippen LogP contribution in [0.2, 0.25) is 0 Å². The third-order valence-corrected chi connectivity index (χ3v) is 3.38. The molecule has 108 valence electrons. The summed E-state index contributed by atoms with van der Waals surface area (Å²) in [6, 6.07) is 24.7. The maximum Gasteiger partial charge on any atom is 0.269 e. The number of nitrogens with one attached hydrogen (secondary N) is 1. The Hall–Kier alpha value is -3.14. The van der Waals surface area contributed by atoms with Crippen LogP contribution in [0.3, 0.4) is 0 Å². The van der Waals surface area contributed by atoms with Gasteiger partial charge in [0.1, 0.15) is 0 Å². The maximum absolute atomic E-state index is 10.0. The summed E-state index contributed by atoms with van der Waals surface area (Å²) >= 11 is 0. The number of non-ortho nitro benzene ring substituents is 1. The van der Waals surface area contributed by atoms with Crippen LogP contribution in [0.1, 0.15) is 0 Å². The maximum atomic E-state index is 10.0. The number of H-pyrrole nitrogens is 1. The van der Waals surface area contributed by atoms with Gasteiger partial charge in [-0.25, -0.2) is 0 Å². The summed E-state index contributed by atoms with van der Waals surface area (Å²) in [7, 11) is 0. The number of nitro benzene ring substituents is 1. The minimum absolute atomic E-state index is 0.137. The lowest BCUT2D eigenvalue weighted by Crippen LogP contribution is -1.84. The zero-order chi connectivity index (χ0) is 15.4. The molecule has 0 aliphatic carbocycles. The molecule has 22 heavy (non-hydrogen) atoms. The Morgan fingerprint density at radius 1 is 0.682 bits per heavy atom. The molecule has 0 saturated carbocycles. The molecule has 0 radical (unpaired) electrons. The van der Waals surface area contributed by atoms with Crippen LogP contribution in [0.25, 0.3) is 21.8 Å². The van der Waals surface area contributed by atoms with E-state index in [-0.39, 0.29) is 5.69 Å². The van der Waals surface area contributed by atoms with Crippen molar-refractivity contribution in [3.63, 3.8) is 0 Å². The minimum atomic E-state index is -0.417. The molecular formula is C18H14N2O2. The molecule has 0 saturated heterocycles. The number of rotatable bonds is 1. The zero-order valence-electron chi connectivity index (χ0n) is 11.8. The quantitative estimate of drug-likeness (QED) is 0.399. The number of nitro groups is 1. The number of aromatic nitrogens is 1. The van der Waals surface area contributed by atoms with E-state index in [1.807, 2.05) is 0 Å². The Morgan fingerprint density at radius 2 is 1.14 bits per heavy atom. The van der Waals surface area contributed by atoms with Crippen molar-refractivity contribution in [2.45, 2.75) is 0 Å². The third kappa shape index (κ3) is 2.81. The van der Waals surface area contributed by atoms with Crippen LogP contribution in [0, 0.1) is 10.1 Å². The number of fused-ring (bicyclic) bond motifs is 3. The zero-order valence-corrected chi connectivity index (χ0v) is 11.8. The fourth-order valence-corrected chi connectivity index (χ4v) is 2.35. The predicted octanol–water partition coefficient (Wildman–Crippen LogP) is 4.92. The van der Waals surface area contributed by atoms with E-state index in [2.05, 4.69) is 53.5 Å². The van der Waals surface area contributed by atoms with E-state index in [1.165, 1.54) is 33.9 Å². The standard InChI is InChI=1S/C12H9N.C6H5NO2/c1-3-7-11-9(5-1)10-6-2-4-8-12(10)13-11;8-7(9)6-4-2-1-3-5-6/h1-8,13H;1-5H. The van der Waals surface area contributed by atoms with Gasteiger partial charge in [-0.05, 0) is 12.1 Å². The normalized spacial score (nSPS) is 10.2. The van der Waals surface area contributed by atoms with Crippen molar-refractivity contribution in [3.05, 3.63) is 89.0 Å². The van der Waals surface area contributed by atoms with Crippen molar-refractivity contribution < 1.29 is 4.92 Å². The lowest BCUT2D eigenvalue weighted by molar-refractivity contribution is -0.384. The number of hydrogen-bond acceptors (Lipinski definition) is 2. The molecule has 0 fully saturated rings. The van der Waals surface area contributed by atoms with E-state index >= 15 is 0 Å². The molecule has 4 nitrogen and oxygen atoms in total. The van der Waals surface area contributed by atoms with E-state index in [4.69, 9.17) is 0 Å². The molecule has 0 aliphatic rings. The SMILES string of the molecule is O=[N+]([O-])c1ccccc1.c1ccc2c(c1)[nH]c1ccccc12. The fourth-order valence-electron chi connectivity index (χ4n) is 2.35. The summed E-state index contributed by atoms with van der Waals surface area (Å²) in [5.41, 5.74) is 2.56. The summed E-state index contributed by atoms with van der Waals surface area (Å²) in [6.45, 7) is 0. The van der Waals surface area contributed by atoms with Crippen LogP contribution in [-0.2, 0) is 0 Å². The first-order valence-corrected chi connectivity index (χ1v) is 6.90. The molecule has 1 heterocycles. The van der Waals surface area contributed by atoms with Crippen LogP contribution in [0.5, 0.6) is 0 Å². The Kier molecular flexibility index (Phi) is 3.83. The van der Waals surface area contributed by atoms with E-state index in [9.17, 15) is 10.1 Å². The number of aromatic amines is 1. The van der Waals surface area contributed by atoms with Gasteiger partial charge in [0, 0.05) is 33.9 Å². The van der Waals surface area contributed by atoms with Crippen molar-refractivity contribution in [2.75, 3.05) is 0 Å². The first kappa shape index (κ1) is 13.8. The number of nitrogens with zero attached hydrogens (tertiary/aromatic N) is 1. The molecular weight excluding hydrogens is 276 g/mol. The van der Waals surface area contributed by atoms with Crippen LogP contribution in [-0.4, -0.2) is 9.91 Å². The highest BCUT2D eigenvalue weighted by molar-refractivity contribution is 6.06. The average molecular weight is 290 g/mol. The Labute approximate surface area is 127 Å². The van der Waals surface area contributed by atoms with Gasteiger partial charge in [-0.1, -0.05) is 54.6 Å². The molecule has 1 aromatic heterocycles. The Morgan fingerprint density at radius 3 is 1.59 bits per heavy atom. The first-order chi connectivity index (χ1) is 10.8. The van der Waals surface area contributed by atoms with Crippen molar-refractivity contribution in [1.29, 1.82) is 0 Å². The monoisotopic (exact) mass is 290 g/mol. The summed E-state index contributed by atoms with van der Waals surface area (Å²) in [5.74, 6) is 0. The van der Waals surface area contributed by atoms with Crippen molar-refractivity contribution in [2.24, 2.45) is 0 Å². The van der Waals surface area contributed by atoms with E-state index in [1.54, 1.807) is 18.2 Å². The highest BCUT2D eigenvalue weighted by Gasteiger charge is 2.00. The van der Waals surface area contributed by atoms with Crippen molar-refractivity contribution in [1.82, 2.24) is 4.98 Å². The molecule has 1 N–H and O–H groups in total. The minimum Gasteiger partial charge on any atom is -0.355 e. The van der Waals surface area contributed by atoms with Gasteiger partial charge in [-0.2, -0.15) is 0 Å². The molecule has 3 aromatic carbocycles. The number of benzene rings is 3. The van der Waals surface area contributed by atoms with Crippen LogP contribution >= 0.6 is 0 Å². The molecule has 4 rings (SSSR count). The molecule has 0 amide bonds. The molecule has 0 bridgehead atoms. The molecule has 4 heteroatoms. The molecule has 0 aliphatic heterocycles. The molecule has 4 aromatic rings. The van der Waals surface area contributed by atoms with Gasteiger partial charge in [-0.15, -0.1) is 0 Å². The smallest absolute Gasteiger partial charge is 0.269 e. The summed E-state index contributed by atoms with van der Waals surface area (Å²) in [6.07, 6.45) is 0. The van der Waals surface area contributed by atoms with E-state index in [0.717, 1.165) is 0 Å². The highest BCUT2D eigenvalue weighted by Crippen LogP contribution is 2.24. The van der Waals surface area contributed by atoms with Crippen LogP contribution < -0.4 is 0 Å². The van der Waals surface area contributed by atoms with Gasteiger partial charge in [0.15, 0.2) is 0 Å². The lowest BCUT2D eigenvalue weighted by Gasteiger charge is -1.87. The second-order valence-corrected chi connectivity index (χ2v) is 4.81. The topological polar surface area (TPSA) is 58.9 Å².